The Morgan fingerprint density at radius 2 is 1.81 bits per heavy atom. The molecule has 0 N–H and O–H groups in total. The van der Waals surface area contributed by atoms with Crippen LogP contribution >= 0.6 is 0 Å². The molecule has 0 bridgehead atoms. The second-order valence-electron chi connectivity index (χ2n) is 6.43. The van der Waals surface area contributed by atoms with Gasteiger partial charge in [-0.1, -0.05) is 0 Å². The third-order valence-electron chi connectivity index (χ3n) is 4.11. The van der Waals surface area contributed by atoms with Crippen molar-refractivity contribution in [2.45, 2.75) is 38.7 Å². The van der Waals surface area contributed by atoms with Crippen LogP contribution in [0.25, 0.3) is 16.9 Å². The van der Waals surface area contributed by atoms with Gasteiger partial charge < -0.3 is 9.47 Å². The molecule has 3 rings (SSSR count). The van der Waals surface area contributed by atoms with E-state index >= 15 is 0 Å². The summed E-state index contributed by atoms with van der Waals surface area (Å²) in [4.78, 5) is 8.26. The number of ether oxygens (including phenoxy) is 2. The fourth-order valence-electron chi connectivity index (χ4n) is 2.26. The van der Waals surface area contributed by atoms with E-state index in [0.717, 1.165) is 13.8 Å². The summed E-state index contributed by atoms with van der Waals surface area (Å²) in [6.45, 7) is 3.73. The normalized spacial score (nSPS) is 13.7. The highest BCUT2D eigenvalue weighted by Crippen LogP contribution is 2.33. The maximum atomic E-state index is 12.9. The lowest BCUT2D eigenvalue weighted by molar-refractivity contribution is -0.235. The van der Waals surface area contributed by atoms with Gasteiger partial charge >= 0.3 is 6.18 Å². The van der Waals surface area contributed by atoms with Gasteiger partial charge in [-0.15, -0.1) is 10.2 Å². The van der Waals surface area contributed by atoms with E-state index in [4.69, 9.17) is 9.47 Å². The lowest BCUT2D eigenvalue weighted by Crippen LogP contribution is -2.44. The summed E-state index contributed by atoms with van der Waals surface area (Å²) in [5.74, 6) is 0.483. The maximum Gasteiger partial charge on any atom is 0.427 e. The number of rotatable bonds is 5. The van der Waals surface area contributed by atoms with Crippen LogP contribution in [0.3, 0.4) is 0 Å². The van der Waals surface area contributed by atoms with Crippen molar-refractivity contribution in [3.8, 4) is 17.1 Å². The zero-order valence-corrected chi connectivity index (χ0v) is 15.2. The molecule has 144 valence electrons. The maximum absolute atomic E-state index is 12.9. The molecule has 0 aromatic carbocycles. The largest absolute Gasteiger partial charge is 0.462 e. The summed E-state index contributed by atoms with van der Waals surface area (Å²) in [6, 6.07) is 2.96. The molecule has 1 unspecified atom stereocenters. The Hall–Kier alpha value is -2.75. The number of aromatic nitrogens is 5. The van der Waals surface area contributed by atoms with E-state index in [2.05, 4.69) is 20.2 Å². The Labute approximate surface area is 153 Å². The molecule has 3 aromatic heterocycles. The minimum Gasteiger partial charge on any atom is -0.462 e. The van der Waals surface area contributed by atoms with E-state index in [1.54, 1.807) is 30.0 Å². The van der Waals surface area contributed by atoms with Crippen molar-refractivity contribution in [1.82, 2.24) is 24.6 Å². The number of methoxy groups -OCH3 is 1. The van der Waals surface area contributed by atoms with Crippen molar-refractivity contribution in [1.29, 1.82) is 0 Å². The number of pyridine rings is 1. The first kappa shape index (κ1) is 19.0. The molecule has 0 fully saturated rings. The van der Waals surface area contributed by atoms with Gasteiger partial charge in [-0.3, -0.25) is 9.38 Å². The van der Waals surface area contributed by atoms with E-state index < -0.39 is 11.8 Å². The van der Waals surface area contributed by atoms with Crippen molar-refractivity contribution in [2.24, 2.45) is 0 Å². The molecule has 0 aliphatic carbocycles. The fourth-order valence-corrected chi connectivity index (χ4v) is 2.26. The second kappa shape index (κ2) is 6.76. The number of nitrogens with zero attached hydrogens (tertiary/aromatic N) is 5. The molecule has 0 saturated carbocycles. The molecular formula is C17H18F3N5O2. The highest BCUT2D eigenvalue weighted by Gasteiger charge is 2.50. The molecule has 7 nitrogen and oxygen atoms in total. The first-order valence-electron chi connectivity index (χ1n) is 8.08. The van der Waals surface area contributed by atoms with E-state index in [1.165, 1.54) is 12.3 Å². The predicted molar refractivity (Wildman–Crippen MR) is 90.2 cm³/mol. The Balaban J connectivity index is 1.89. The van der Waals surface area contributed by atoms with Crippen LogP contribution in [0.2, 0.25) is 0 Å². The summed E-state index contributed by atoms with van der Waals surface area (Å²) >= 11 is 0. The lowest BCUT2D eigenvalue weighted by atomic mass is 10.1. The van der Waals surface area contributed by atoms with Gasteiger partial charge in [-0.2, -0.15) is 13.2 Å². The van der Waals surface area contributed by atoms with Gasteiger partial charge in [0.1, 0.15) is 6.10 Å². The van der Waals surface area contributed by atoms with E-state index in [9.17, 15) is 13.2 Å². The lowest BCUT2D eigenvalue weighted by Gasteiger charge is -2.28. The molecule has 3 aromatic rings. The highest BCUT2D eigenvalue weighted by atomic mass is 19.4. The van der Waals surface area contributed by atoms with Gasteiger partial charge in [-0.05, 0) is 26.8 Å². The average molecular weight is 381 g/mol. The molecular weight excluding hydrogens is 363 g/mol. The van der Waals surface area contributed by atoms with Gasteiger partial charge in [0.05, 0.1) is 11.9 Å². The zero-order valence-electron chi connectivity index (χ0n) is 15.2. The molecule has 10 heteroatoms. The first-order valence-corrected chi connectivity index (χ1v) is 8.08. The van der Waals surface area contributed by atoms with Crippen molar-refractivity contribution in [3.63, 3.8) is 0 Å². The average Bonchev–Trinajstić information content (AvgIpc) is 3.03. The summed E-state index contributed by atoms with van der Waals surface area (Å²) in [5, 5.41) is 8.11. The Kier molecular flexibility index (Phi) is 4.77. The molecule has 1 atom stereocenters. The molecule has 0 saturated heterocycles. The minimum atomic E-state index is -4.51. The van der Waals surface area contributed by atoms with E-state index in [0.29, 0.717) is 22.7 Å². The van der Waals surface area contributed by atoms with Crippen molar-refractivity contribution in [3.05, 3.63) is 36.5 Å². The Morgan fingerprint density at radius 3 is 2.41 bits per heavy atom. The van der Waals surface area contributed by atoms with Gasteiger partial charge in [0.25, 0.3) is 0 Å². The minimum absolute atomic E-state index is 0.125. The van der Waals surface area contributed by atoms with Crippen LogP contribution in [0.15, 0.2) is 30.7 Å². The Bertz CT molecular complexity index is 938. The van der Waals surface area contributed by atoms with Crippen LogP contribution in [-0.4, -0.2) is 43.5 Å². The highest BCUT2D eigenvalue weighted by molar-refractivity contribution is 5.59. The van der Waals surface area contributed by atoms with Gasteiger partial charge in [-0.25, -0.2) is 4.98 Å². The molecule has 0 aliphatic heterocycles. The van der Waals surface area contributed by atoms with E-state index in [-0.39, 0.29) is 12.0 Å². The van der Waals surface area contributed by atoms with E-state index in [1.807, 2.05) is 6.92 Å². The van der Waals surface area contributed by atoms with Crippen LogP contribution in [-0.2, 0) is 4.74 Å². The molecule has 0 aliphatic rings. The fraction of sp³-hybridized carbons (Fsp3) is 0.412. The second-order valence-corrected chi connectivity index (χ2v) is 6.43. The van der Waals surface area contributed by atoms with Gasteiger partial charge in [0, 0.05) is 31.1 Å². The van der Waals surface area contributed by atoms with Crippen LogP contribution in [0, 0.1) is 0 Å². The zero-order chi connectivity index (χ0) is 19.8. The monoisotopic (exact) mass is 381 g/mol. The number of hydrogen-bond acceptors (Lipinski definition) is 6. The number of alkyl halides is 3. The number of halogens is 3. The van der Waals surface area contributed by atoms with Crippen LogP contribution in [0.1, 0.15) is 32.7 Å². The third kappa shape index (κ3) is 3.70. The summed E-state index contributed by atoms with van der Waals surface area (Å²) in [5.41, 5.74) is -0.621. The molecule has 27 heavy (non-hydrogen) atoms. The number of hydrogen-bond donors (Lipinski definition) is 0. The Morgan fingerprint density at radius 1 is 1.07 bits per heavy atom. The van der Waals surface area contributed by atoms with Crippen LogP contribution < -0.4 is 4.74 Å². The van der Waals surface area contributed by atoms with Crippen LogP contribution in [0.4, 0.5) is 13.2 Å². The quantitative estimate of drug-likeness (QED) is 0.672. The predicted octanol–water partition coefficient (Wildman–Crippen LogP) is 3.61. The molecule has 3 heterocycles. The smallest absolute Gasteiger partial charge is 0.427 e. The third-order valence-corrected chi connectivity index (χ3v) is 4.11. The molecule has 0 radical (unpaired) electrons. The molecule has 0 amide bonds. The van der Waals surface area contributed by atoms with Gasteiger partial charge in [0.15, 0.2) is 17.1 Å². The summed E-state index contributed by atoms with van der Waals surface area (Å²) in [7, 11) is 1.57. The van der Waals surface area contributed by atoms with Crippen LogP contribution in [0.5, 0.6) is 5.88 Å². The van der Waals surface area contributed by atoms with Crippen molar-refractivity contribution >= 4 is 5.65 Å². The SMILES string of the molecule is COC(C)c1nnc2cnc(-c3ccc(OC(C)(C)C(F)(F)F)nc3)cn12. The first-order chi connectivity index (χ1) is 12.6. The summed E-state index contributed by atoms with van der Waals surface area (Å²) < 4.78 is 50.8. The summed E-state index contributed by atoms with van der Waals surface area (Å²) in [6.07, 6.45) is -0.112. The van der Waals surface area contributed by atoms with Crippen molar-refractivity contribution < 1.29 is 22.6 Å². The van der Waals surface area contributed by atoms with Gasteiger partial charge in [0.2, 0.25) is 5.88 Å². The molecule has 0 spiro atoms. The topological polar surface area (TPSA) is 74.4 Å². The number of fused-ring (bicyclic) bond motifs is 1. The van der Waals surface area contributed by atoms with Crippen molar-refractivity contribution in [2.75, 3.05) is 7.11 Å². The standard InChI is InChI=1S/C17H18F3N5O2/c1-10(26-4)15-24-23-13-8-21-12(9-25(13)15)11-5-6-14(22-7-11)27-16(2,3)17(18,19)20/h5-10H,1-4H3.